The van der Waals surface area contributed by atoms with Gasteiger partial charge in [0.05, 0.1) is 11.0 Å². The Bertz CT molecular complexity index is 3330. The monoisotopic (exact) mass is 926 g/mol. The molecule has 0 unspecified atom stereocenters. The Morgan fingerprint density at radius 3 is 2.17 bits per heavy atom. The number of hydrogen-bond donors (Lipinski definition) is 0. The largest absolute Gasteiger partial charge is 2.00 e. The minimum Gasteiger partial charge on any atom is -0.656 e. The van der Waals surface area contributed by atoms with E-state index in [2.05, 4.69) is 194 Å². The summed E-state index contributed by atoms with van der Waals surface area (Å²) < 4.78 is 4.55. The molecule has 6 heteroatoms. The van der Waals surface area contributed by atoms with Crippen LogP contribution in [0.2, 0.25) is 0 Å². The van der Waals surface area contributed by atoms with Crippen LogP contribution in [0.3, 0.4) is 0 Å². The molecule has 0 aliphatic rings. The molecule has 0 radical (unpaired) electrons. The Kier molecular flexibility index (Phi) is 8.54. The van der Waals surface area contributed by atoms with Crippen LogP contribution in [-0.4, -0.2) is 19.1 Å². The molecule has 0 saturated carbocycles. The fraction of sp³-hybridized carbons (Fsp3) is 0.0769. The first kappa shape index (κ1) is 35.8. The zero-order valence-electron chi connectivity index (χ0n) is 32.2. The van der Waals surface area contributed by atoms with Crippen molar-refractivity contribution in [3.05, 3.63) is 193 Å². The molecule has 4 aromatic heterocycles. The van der Waals surface area contributed by atoms with E-state index in [1.54, 1.807) is 0 Å². The maximum Gasteiger partial charge on any atom is 2.00 e. The van der Waals surface area contributed by atoms with E-state index in [-0.39, 0.29) is 26.5 Å². The van der Waals surface area contributed by atoms with Crippen LogP contribution in [0.4, 0.5) is 0 Å². The van der Waals surface area contributed by atoms with Gasteiger partial charge in [-0.1, -0.05) is 146 Å². The second-order valence-electron chi connectivity index (χ2n) is 15.5. The van der Waals surface area contributed by atoms with Gasteiger partial charge in [-0.25, -0.2) is 9.97 Å². The van der Waals surface area contributed by atoms with Crippen molar-refractivity contribution >= 4 is 54.6 Å². The van der Waals surface area contributed by atoms with E-state index in [0.29, 0.717) is 0 Å². The summed E-state index contributed by atoms with van der Waals surface area (Å²) >= 11 is 0. The first-order valence-corrected chi connectivity index (χ1v) is 19.5. The summed E-state index contributed by atoms with van der Waals surface area (Å²) in [5, 5.41) is 4.59. The van der Waals surface area contributed by atoms with E-state index in [4.69, 9.17) is 15.0 Å². The maximum absolute atomic E-state index is 5.52. The molecule has 0 fully saturated rings. The molecule has 4 heterocycles. The van der Waals surface area contributed by atoms with Gasteiger partial charge in [0.1, 0.15) is 11.6 Å². The van der Waals surface area contributed by atoms with Crippen LogP contribution in [0.1, 0.15) is 30.5 Å². The number of para-hydroxylation sites is 4. The van der Waals surface area contributed by atoms with Crippen molar-refractivity contribution in [2.75, 3.05) is 0 Å². The molecular formula is C52H37N5Pt. The van der Waals surface area contributed by atoms with Gasteiger partial charge in [-0.15, -0.1) is 34.8 Å². The van der Waals surface area contributed by atoms with Gasteiger partial charge in [0.2, 0.25) is 0 Å². The molecule has 280 valence electrons. The van der Waals surface area contributed by atoms with E-state index in [1.165, 1.54) is 22.1 Å². The van der Waals surface area contributed by atoms with Crippen molar-refractivity contribution in [2.24, 2.45) is 0 Å². The third-order valence-corrected chi connectivity index (χ3v) is 11.7. The van der Waals surface area contributed by atoms with Gasteiger partial charge >= 0.3 is 21.1 Å². The van der Waals surface area contributed by atoms with Crippen LogP contribution in [0.15, 0.2) is 170 Å². The summed E-state index contributed by atoms with van der Waals surface area (Å²) in [6, 6.07) is 61.8. The quantitative estimate of drug-likeness (QED) is 0.156. The average Bonchev–Trinajstić information content (AvgIpc) is 3.94. The fourth-order valence-electron chi connectivity index (χ4n) is 8.72. The molecule has 0 N–H and O–H groups in total. The fourth-order valence-corrected chi connectivity index (χ4v) is 8.72. The Labute approximate surface area is 350 Å². The molecule has 0 aliphatic carbocycles. The number of aryl methyl sites for hydroxylation is 1. The summed E-state index contributed by atoms with van der Waals surface area (Å²) in [5.41, 5.74) is 13.4. The molecule has 5 nitrogen and oxygen atoms in total. The van der Waals surface area contributed by atoms with Crippen molar-refractivity contribution < 1.29 is 21.1 Å². The number of pyridine rings is 1. The number of imidazole rings is 1. The summed E-state index contributed by atoms with van der Waals surface area (Å²) in [6.45, 7) is 6.71. The van der Waals surface area contributed by atoms with Gasteiger partial charge in [0.25, 0.3) is 0 Å². The predicted octanol–water partition coefficient (Wildman–Crippen LogP) is 12.5. The van der Waals surface area contributed by atoms with Crippen LogP contribution < -0.4 is 4.98 Å². The minimum atomic E-state index is -0.219. The van der Waals surface area contributed by atoms with E-state index in [1.807, 2.05) is 12.3 Å². The van der Waals surface area contributed by atoms with Gasteiger partial charge in [0, 0.05) is 28.4 Å². The molecule has 0 amide bonds. The van der Waals surface area contributed by atoms with E-state index < -0.39 is 0 Å². The average molecular weight is 927 g/mol. The molecule has 11 rings (SSSR count). The number of aromatic nitrogens is 5. The number of nitrogens with zero attached hydrogens (tertiary/aromatic N) is 5. The van der Waals surface area contributed by atoms with E-state index in [0.717, 1.165) is 83.3 Å². The van der Waals surface area contributed by atoms with Crippen molar-refractivity contribution in [3.63, 3.8) is 0 Å². The Hall–Kier alpha value is -6.55. The first-order valence-electron chi connectivity index (χ1n) is 19.5. The third-order valence-electron chi connectivity index (χ3n) is 11.7. The number of fused-ring (bicyclic) bond motifs is 7. The summed E-state index contributed by atoms with van der Waals surface area (Å²) in [7, 11) is 0. The van der Waals surface area contributed by atoms with Crippen LogP contribution in [0.25, 0.3) is 88.7 Å². The first-order chi connectivity index (χ1) is 27.9. The maximum atomic E-state index is 5.52. The molecule has 11 aromatic rings. The van der Waals surface area contributed by atoms with Crippen molar-refractivity contribution in [1.29, 1.82) is 0 Å². The normalized spacial score (nSPS) is 11.9. The van der Waals surface area contributed by atoms with Crippen molar-refractivity contribution in [2.45, 2.75) is 26.2 Å². The molecule has 0 atom stereocenters. The third kappa shape index (κ3) is 5.56. The van der Waals surface area contributed by atoms with Gasteiger partial charge in [-0.2, -0.15) is 0 Å². The van der Waals surface area contributed by atoms with Crippen LogP contribution in [0, 0.1) is 13.0 Å². The van der Waals surface area contributed by atoms with E-state index in [9.17, 15) is 0 Å². The molecule has 0 saturated heterocycles. The minimum absolute atomic E-state index is 0. The van der Waals surface area contributed by atoms with Gasteiger partial charge in [0.15, 0.2) is 0 Å². The van der Waals surface area contributed by atoms with E-state index >= 15 is 0 Å². The SMILES string of the molecule is Cc1ccc2c(c1)c1ccc(-c3cccc4c3nc(-c3cccc5c3[n-]c3ccccc35)n4-c3ccccc3)[c-]c1n2-c1cc(C(C)(C)c2ccccc2)ccn1.[Pt+2]. The van der Waals surface area contributed by atoms with Gasteiger partial charge in [-0.3, -0.25) is 4.57 Å². The van der Waals surface area contributed by atoms with Crippen LogP contribution >= 0.6 is 0 Å². The zero-order valence-corrected chi connectivity index (χ0v) is 34.5. The number of rotatable bonds is 6. The Morgan fingerprint density at radius 2 is 1.33 bits per heavy atom. The molecule has 0 bridgehead atoms. The van der Waals surface area contributed by atoms with Crippen molar-refractivity contribution in [3.8, 4) is 34.0 Å². The molecule has 7 aromatic carbocycles. The standard InChI is InChI=1S/C52H37N5.Pt/c1-33-24-27-45-43(30-33)40-26-25-34(31-47(40)57(45)48-32-36(28-29-53-48)52(2,3)35-14-6-4-7-15-35)38-19-13-23-46-50(38)55-51(56(46)37-16-8-5-9-17-37)42-21-12-20-41-39-18-10-11-22-44(39)54-49(41)42;/h4-30,32H,1-3H3;/q-2;+2. The second kappa shape index (κ2) is 13.8. The van der Waals surface area contributed by atoms with Crippen LogP contribution in [-0.2, 0) is 26.5 Å². The second-order valence-corrected chi connectivity index (χ2v) is 15.5. The molecule has 0 aliphatic heterocycles. The zero-order chi connectivity index (χ0) is 38.3. The Balaban J connectivity index is 0.00000408. The van der Waals surface area contributed by atoms with Gasteiger partial charge in [-0.05, 0) is 76.1 Å². The summed E-state index contributed by atoms with van der Waals surface area (Å²) in [6.07, 6.45) is 1.94. The van der Waals surface area contributed by atoms with Crippen LogP contribution in [0.5, 0.6) is 0 Å². The smallest absolute Gasteiger partial charge is 0.656 e. The molecular weight excluding hydrogens is 890 g/mol. The summed E-state index contributed by atoms with van der Waals surface area (Å²) in [5.74, 6) is 1.72. The van der Waals surface area contributed by atoms with Crippen molar-refractivity contribution in [1.82, 2.24) is 24.1 Å². The number of hydrogen-bond acceptors (Lipinski definition) is 2. The summed E-state index contributed by atoms with van der Waals surface area (Å²) in [4.78, 5) is 15.7. The topological polar surface area (TPSA) is 49.7 Å². The molecule has 0 spiro atoms. The Morgan fingerprint density at radius 1 is 0.586 bits per heavy atom. The molecule has 58 heavy (non-hydrogen) atoms. The van der Waals surface area contributed by atoms with Gasteiger partial charge < -0.3 is 9.55 Å². The number of benzene rings is 7. The predicted molar refractivity (Wildman–Crippen MR) is 235 cm³/mol.